The number of ether oxygens (including phenoxy) is 1. The van der Waals surface area contributed by atoms with Crippen LogP contribution in [0.1, 0.15) is 30.4 Å². The maximum Gasteiger partial charge on any atom is 0.115 e. The third-order valence-corrected chi connectivity index (χ3v) is 5.33. The van der Waals surface area contributed by atoms with Crippen LogP contribution in [0.25, 0.3) is 0 Å². The van der Waals surface area contributed by atoms with Crippen molar-refractivity contribution in [1.29, 1.82) is 0 Å². The fourth-order valence-corrected chi connectivity index (χ4v) is 3.98. The summed E-state index contributed by atoms with van der Waals surface area (Å²) in [5, 5.41) is 21.3. The number of phenols is 1. The molecule has 0 unspecified atom stereocenters. The highest BCUT2D eigenvalue weighted by Gasteiger charge is 2.44. The van der Waals surface area contributed by atoms with Gasteiger partial charge in [-0.3, -0.25) is 0 Å². The zero-order chi connectivity index (χ0) is 18.6. The molecular weight excluding hydrogens is 326 g/mol. The second-order valence-electron chi connectivity index (χ2n) is 7.63. The summed E-state index contributed by atoms with van der Waals surface area (Å²) in [6.45, 7) is 1.38. The minimum Gasteiger partial charge on any atom is -0.508 e. The molecule has 4 nitrogen and oxygen atoms in total. The molecule has 0 heterocycles. The van der Waals surface area contributed by atoms with E-state index in [2.05, 4.69) is 17.0 Å². The normalized spacial score (nSPS) is 26.2. The van der Waals surface area contributed by atoms with Gasteiger partial charge in [0, 0.05) is 12.5 Å². The lowest BCUT2D eigenvalue weighted by Gasteiger charge is -2.44. The smallest absolute Gasteiger partial charge is 0.115 e. The van der Waals surface area contributed by atoms with Gasteiger partial charge in [0.15, 0.2) is 0 Å². The summed E-state index contributed by atoms with van der Waals surface area (Å²) < 4.78 is 6.15. The fraction of sp³-hybridized carbons (Fsp3) is 0.455. The van der Waals surface area contributed by atoms with Crippen molar-refractivity contribution in [3.63, 3.8) is 0 Å². The van der Waals surface area contributed by atoms with Crippen LogP contribution in [-0.4, -0.2) is 41.9 Å². The quantitative estimate of drug-likeness (QED) is 0.832. The first-order valence-electron chi connectivity index (χ1n) is 9.29. The average Bonchev–Trinajstić information content (AvgIpc) is 2.63. The van der Waals surface area contributed by atoms with E-state index in [1.54, 1.807) is 18.2 Å². The molecule has 0 saturated heterocycles. The molecular formula is C22H29NO3. The number of nitrogens with zero attached hydrogens (tertiary/aromatic N) is 1. The molecule has 0 amide bonds. The molecule has 1 aliphatic rings. The van der Waals surface area contributed by atoms with E-state index in [4.69, 9.17) is 4.74 Å². The molecule has 0 aliphatic heterocycles. The minimum atomic E-state index is -0.935. The van der Waals surface area contributed by atoms with Crippen molar-refractivity contribution >= 4 is 0 Å². The molecule has 3 rings (SSSR count). The molecule has 1 aliphatic carbocycles. The molecule has 140 valence electrons. The van der Waals surface area contributed by atoms with Crippen LogP contribution in [-0.2, 0) is 16.9 Å². The molecule has 4 heteroatoms. The second-order valence-corrected chi connectivity index (χ2v) is 7.63. The van der Waals surface area contributed by atoms with E-state index in [9.17, 15) is 10.2 Å². The molecule has 1 saturated carbocycles. The molecule has 0 radical (unpaired) electrons. The third kappa shape index (κ3) is 4.44. The van der Waals surface area contributed by atoms with Crippen LogP contribution in [0.3, 0.4) is 0 Å². The SMILES string of the molecule is CN(C)C[C@@H]1C[C@@H](OCc2ccccc2)CC[C@]1(O)c1cccc(O)c1. The summed E-state index contributed by atoms with van der Waals surface area (Å²) in [5.41, 5.74) is 1.03. The molecule has 3 atom stereocenters. The Balaban J connectivity index is 1.72. The Bertz CT molecular complexity index is 704. The van der Waals surface area contributed by atoms with Crippen LogP contribution in [0.5, 0.6) is 5.75 Å². The Labute approximate surface area is 156 Å². The van der Waals surface area contributed by atoms with E-state index in [0.29, 0.717) is 13.0 Å². The molecule has 1 fully saturated rings. The summed E-state index contributed by atoms with van der Waals surface area (Å²) >= 11 is 0. The van der Waals surface area contributed by atoms with Gasteiger partial charge in [-0.1, -0.05) is 42.5 Å². The average molecular weight is 355 g/mol. The third-order valence-electron chi connectivity index (χ3n) is 5.33. The van der Waals surface area contributed by atoms with Gasteiger partial charge in [0.05, 0.1) is 18.3 Å². The molecule has 0 aromatic heterocycles. The number of phenolic OH excluding ortho intramolecular Hbond substituents is 1. The summed E-state index contributed by atoms with van der Waals surface area (Å²) in [6.07, 6.45) is 2.38. The Hall–Kier alpha value is -1.88. The van der Waals surface area contributed by atoms with Gasteiger partial charge < -0.3 is 19.8 Å². The topological polar surface area (TPSA) is 52.9 Å². The zero-order valence-electron chi connectivity index (χ0n) is 15.6. The Morgan fingerprint density at radius 1 is 1.12 bits per heavy atom. The van der Waals surface area contributed by atoms with Gasteiger partial charge >= 0.3 is 0 Å². The summed E-state index contributed by atoms with van der Waals surface area (Å²) in [6, 6.07) is 17.2. The van der Waals surface area contributed by atoms with E-state index in [-0.39, 0.29) is 17.8 Å². The van der Waals surface area contributed by atoms with Gasteiger partial charge in [-0.25, -0.2) is 0 Å². The van der Waals surface area contributed by atoms with Crippen molar-refractivity contribution in [2.45, 2.75) is 37.6 Å². The molecule has 2 aromatic carbocycles. The van der Waals surface area contributed by atoms with E-state index in [0.717, 1.165) is 24.9 Å². The highest BCUT2D eigenvalue weighted by molar-refractivity contribution is 5.32. The van der Waals surface area contributed by atoms with Gasteiger partial charge in [-0.15, -0.1) is 0 Å². The van der Waals surface area contributed by atoms with Crippen LogP contribution in [0, 0.1) is 5.92 Å². The number of hydrogen-bond acceptors (Lipinski definition) is 4. The molecule has 2 aromatic rings. The predicted molar refractivity (Wildman–Crippen MR) is 103 cm³/mol. The molecule has 2 N–H and O–H groups in total. The van der Waals surface area contributed by atoms with Gasteiger partial charge in [0.1, 0.15) is 5.75 Å². The highest BCUT2D eigenvalue weighted by atomic mass is 16.5. The number of benzene rings is 2. The maximum atomic E-state index is 11.5. The Kier molecular flexibility index (Phi) is 5.97. The maximum absolute atomic E-state index is 11.5. The van der Waals surface area contributed by atoms with Crippen LogP contribution >= 0.6 is 0 Å². The number of rotatable bonds is 6. The van der Waals surface area contributed by atoms with Crippen molar-refractivity contribution in [2.24, 2.45) is 5.92 Å². The fourth-order valence-electron chi connectivity index (χ4n) is 3.98. The molecule has 0 bridgehead atoms. The summed E-state index contributed by atoms with van der Waals surface area (Å²) in [4.78, 5) is 2.11. The van der Waals surface area contributed by atoms with Gasteiger partial charge in [0.2, 0.25) is 0 Å². The van der Waals surface area contributed by atoms with E-state index in [1.165, 1.54) is 5.56 Å². The first kappa shape index (κ1) is 18.9. The molecule has 26 heavy (non-hydrogen) atoms. The van der Waals surface area contributed by atoms with Crippen LogP contribution in [0.4, 0.5) is 0 Å². The van der Waals surface area contributed by atoms with Crippen molar-refractivity contribution < 1.29 is 14.9 Å². The van der Waals surface area contributed by atoms with Crippen LogP contribution in [0.15, 0.2) is 54.6 Å². The van der Waals surface area contributed by atoms with E-state index < -0.39 is 5.60 Å². The second kappa shape index (κ2) is 8.21. The number of hydrogen-bond donors (Lipinski definition) is 2. The predicted octanol–water partition coefficient (Wildman–Crippen LogP) is 3.53. The largest absolute Gasteiger partial charge is 0.508 e. The standard InChI is InChI=1S/C22H29NO3/c1-23(2)15-19-14-21(26-16-17-7-4-3-5-8-17)11-12-22(19,25)18-9-6-10-20(24)13-18/h3-10,13,19,21,24-25H,11-12,14-16H2,1-2H3/t19-,21-,22-/m0/s1. The first-order valence-corrected chi connectivity index (χ1v) is 9.29. The van der Waals surface area contributed by atoms with Crippen LogP contribution < -0.4 is 0 Å². The monoisotopic (exact) mass is 355 g/mol. The summed E-state index contributed by atoms with van der Waals surface area (Å²) in [7, 11) is 4.05. The lowest BCUT2D eigenvalue weighted by Crippen LogP contribution is -2.46. The first-order chi connectivity index (χ1) is 12.5. The van der Waals surface area contributed by atoms with Gasteiger partial charge in [-0.05, 0) is 56.6 Å². The van der Waals surface area contributed by atoms with E-state index in [1.807, 2.05) is 38.4 Å². The zero-order valence-corrected chi connectivity index (χ0v) is 15.6. The van der Waals surface area contributed by atoms with Crippen molar-refractivity contribution in [1.82, 2.24) is 4.90 Å². The van der Waals surface area contributed by atoms with Gasteiger partial charge in [0.25, 0.3) is 0 Å². The van der Waals surface area contributed by atoms with Crippen molar-refractivity contribution in [3.8, 4) is 5.75 Å². The minimum absolute atomic E-state index is 0.0498. The molecule has 0 spiro atoms. The number of aromatic hydroxyl groups is 1. The van der Waals surface area contributed by atoms with Crippen molar-refractivity contribution in [3.05, 3.63) is 65.7 Å². The van der Waals surface area contributed by atoms with Crippen LogP contribution in [0.2, 0.25) is 0 Å². The lowest BCUT2D eigenvalue weighted by molar-refractivity contribution is -0.110. The lowest BCUT2D eigenvalue weighted by atomic mass is 9.70. The Morgan fingerprint density at radius 3 is 2.58 bits per heavy atom. The Morgan fingerprint density at radius 2 is 1.88 bits per heavy atom. The van der Waals surface area contributed by atoms with Crippen molar-refractivity contribution in [2.75, 3.05) is 20.6 Å². The highest BCUT2D eigenvalue weighted by Crippen LogP contribution is 2.43. The van der Waals surface area contributed by atoms with Gasteiger partial charge in [-0.2, -0.15) is 0 Å². The number of aliphatic hydroxyl groups is 1. The summed E-state index contributed by atoms with van der Waals surface area (Å²) in [5.74, 6) is 0.246. The van der Waals surface area contributed by atoms with E-state index >= 15 is 0 Å².